The van der Waals surface area contributed by atoms with Gasteiger partial charge in [-0.15, -0.1) is 0 Å². The highest BCUT2D eigenvalue weighted by atomic mass is 79.9. The minimum absolute atomic E-state index is 0.149. The van der Waals surface area contributed by atoms with Gasteiger partial charge in [-0.1, -0.05) is 12.8 Å². The molecule has 0 heterocycles. The van der Waals surface area contributed by atoms with Crippen LogP contribution in [0.1, 0.15) is 31.2 Å². The average molecular weight is 342 g/mol. The van der Waals surface area contributed by atoms with E-state index in [1.54, 1.807) is 19.1 Å². The van der Waals surface area contributed by atoms with Gasteiger partial charge in [-0.2, -0.15) is 0 Å². The lowest BCUT2D eigenvalue weighted by Crippen LogP contribution is -2.36. The molecule has 0 bridgehead atoms. The molecule has 0 aromatic heterocycles. The number of nitrogens with zero attached hydrogens (tertiary/aromatic N) is 1. The molecule has 0 aliphatic heterocycles. The standard InChI is InChI=1S/C14H20BrN3O2/c1-9-6-11(15)13(7-14(9)18(19)20)17-12-5-3-2-4-10(12)8-16/h6-7,10,12,17H,2-5,8,16H2,1H3. The molecule has 2 unspecified atom stereocenters. The molecule has 1 aliphatic rings. The van der Waals surface area contributed by atoms with Crippen molar-refractivity contribution in [3.8, 4) is 0 Å². The number of benzene rings is 1. The van der Waals surface area contributed by atoms with Crippen molar-refractivity contribution in [3.05, 3.63) is 32.3 Å². The fraction of sp³-hybridized carbons (Fsp3) is 0.571. The normalized spacial score (nSPS) is 22.6. The number of halogens is 1. The molecule has 20 heavy (non-hydrogen) atoms. The summed E-state index contributed by atoms with van der Waals surface area (Å²) in [5.41, 5.74) is 7.42. The van der Waals surface area contributed by atoms with Crippen LogP contribution in [0.2, 0.25) is 0 Å². The summed E-state index contributed by atoms with van der Waals surface area (Å²) in [7, 11) is 0. The number of rotatable bonds is 4. The molecule has 1 saturated carbocycles. The molecular formula is C14H20BrN3O2. The van der Waals surface area contributed by atoms with Crippen LogP contribution in [0.25, 0.3) is 0 Å². The Labute approximate surface area is 127 Å². The van der Waals surface area contributed by atoms with Gasteiger partial charge in [0.2, 0.25) is 0 Å². The Bertz CT molecular complexity index is 507. The highest BCUT2D eigenvalue weighted by Crippen LogP contribution is 2.34. The molecule has 3 N–H and O–H groups in total. The maximum absolute atomic E-state index is 11.0. The molecule has 2 rings (SSSR count). The summed E-state index contributed by atoms with van der Waals surface area (Å²) in [5, 5.41) is 14.5. The first-order valence-corrected chi connectivity index (χ1v) is 7.73. The number of nitrogens with one attached hydrogen (secondary N) is 1. The van der Waals surface area contributed by atoms with Crippen LogP contribution in [0, 0.1) is 23.0 Å². The summed E-state index contributed by atoms with van der Waals surface area (Å²) < 4.78 is 0.863. The van der Waals surface area contributed by atoms with Crippen LogP contribution in [0.5, 0.6) is 0 Å². The summed E-state index contributed by atoms with van der Waals surface area (Å²) in [6.45, 7) is 2.40. The van der Waals surface area contributed by atoms with Crippen molar-refractivity contribution in [3.63, 3.8) is 0 Å². The molecule has 0 spiro atoms. The molecule has 1 fully saturated rings. The maximum Gasteiger partial charge on any atom is 0.274 e. The number of nitro groups is 1. The zero-order valence-corrected chi connectivity index (χ0v) is 13.1. The second kappa shape index (κ2) is 6.54. The average Bonchev–Trinajstić information content (AvgIpc) is 2.42. The van der Waals surface area contributed by atoms with E-state index < -0.39 is 0 Å². The van der Waals surface area contributed by atoms with Gasteiger partial charge in [0.05, 0.1) is 10.6 Å². The van der Waals surface area contributed by atoms with Crippen molar-refractivity contribution in [2.45, 2.75) is 38.6 Å². The number of anilines is 1. The number of hydrogen-bond acceptors (Lipinski definition) is 4. The van der Waals surface area contributed by atoms with Crippen molar-refractivity contribution in [1.29, 1.82) is 0 Å². The third-order valence-corrected chi connectivity index (χ3v) is 4.69. The lowest BCUT2D eigenvalue weighted by Gasteiger charge is -2.32. The predicted molar refractivity (Wildman–Crippen MR) is 84.0 cm³/mol. The second-order valence-corrected chi connectivity index (χ2v) is 6.26. The number of hydrogen-bond donors (Lipinski definition) is 2. The lowest BCUT2D eigenvalue weighted by molar-refractivity contribution is -0.385. The molecular weight excluding hydrogens is 322 g/mol. The second-order valence-electron chi connectivity index (χ2n) is 5.41. The van der Waals surface area contributed by atoms with Crippen molar-refractivity contribution in [2.24, 2.45) is 11.7 Å². The third kappa shape index (κ3) is 3.30. The van der Waals surface area contributed by atoms with E-state index in [0.29, 0.717) is 24.1 Å². The van der Waals surface area contributed by atoms with Crippen molar-refractivity contribution >= 4 is 27.3 Å². The molecule has 110 valence electrons. The van der Waals surface area contributed by atoms with Gasteiger partial charge in [0.25, 0.3) is 5.69 Å². The van der Waals surface area contributed by atoms with Crippen molar-refractivity contribution in [2.75, 3.05) is 11.9 Å². The van der Waals surface area contributed by atoms with Gasteiger partial charge in [-0.3, -0.25) is 10.1 Å². The van der Waals surface area contributed by atoms with Gasteiger partial charge >= 0.3 is 0 Å². The van der Waals surface area contributed by atoms with E-state index >= 15 is 0 Å². The molecule has 6 heteroatoms. The minimum Gasteiger partial charge on any atom is -0.381 e. The Morgan fingerprint density at radius 2 is 2.15 bits per heavy atom. The van der Waals surface area contributed by atoms with Crippen molar-refractivity contribution in [1.82, 2.24) is 0 Å². The maximum atomic E-state index is 11.0. The predicted octanol–water partition coefficient (Wildman–Crippen LogP) is 3.60. The van der Waals surface area contributed by atoms with Crippen LogP contribution in [-0.4, -0.2) is 17.5 Å². The van der Waals surface area contributed by atoms with Crippen LogP contribution in [0.4, 0.5) is 11.4 Å². The smallest absolute Gasteiger partial charge is 0.274 e. The number of aryl methyl sites for hydroxylation is 1. The summed E-state index contributed by atoms with van der Waals surface area (Å²) >= 11 is 3.48. The van der Waals surface area contributed by atoms with Crippen LogP contribution in [0.15, 0.2) is 16.6 Å². The molecule has 0 saturated heterocycles. The number of nitro benzene ring substituents is 1. The quantitative estimate of drug-likeness (QED) is 0.647. The van der Waals surface area contributed by atoms with Crippen molar-refractivity contribution < 1.29 is 4.92 Å². The van der Waals surface area contributed by atoms with E-state index in [1.807, 2.05) is 0 Å². The van der Waals surface area contributed by atoms with Gasteiger partial charge in [-0.05, 0) is 54.2 Å². The molecule has 1 aromatic rings. The van der Waals surface area contributed by atoms with E-state index in [9.17, 15) is 10.1 Å². The lowest BCUT2D eigenvalue weighted by atomic mass is 9.84. The van der Waals surface area contributed by atoms with E-state index in [0.717, 1.165) is 23.0 Å². The van der Waals surface area contributed by atoms with Crippen LogP contribution in [0.3, 0.4) is 0 Å². The Kier molecular flexibility index (Phi) is 4.99. The van der Waals surface area contributed by atoms with E-state index in [4.69, 9.17) is 5.73 Å². The molecule has 0 radical (unpaired) electrons. The zero-order valence-electron chi connectivity index (χ0n) is 11.6. The fourth-order valence-electron chi connectivity index (χ4n) is 2.85. The first kappa shape index (κ1) is 15.3. The van der Waals surface area contributed by atoms with Gasteiger partial charge in [-0.25, -0.2) is 0 Å². The largest absolute Gasteiger partial charge is 0.381 e. The van der Waals surface area contributed by atoms with Crippen LogP contribution < -0.4 is 11.1 Å². The highest BCUT2D eigenvalue weighted by molar-refractivity contribution is 9.10. The molecule has 0 amide bonds. The van der Waals surface area contributed by atoms with E-state index in [-0.39, 0.29) is 10.6 Å². The van der Waals surface area contributed by atoms with Gasteiger partial charge < -0.3 is 11.1 Å². The Morgan fingerprint density at radius 3 is 2.80 bits per heavy atom. The van der Waals surface area contributed by atoms with Crippen LogP contribution in [-0.2, 0) is 0 Å². The third-order valence-electron chi connectivity index (χ3n) is 4.04. The number of nitrogens with two attached hydrogens (primary N) is 1. The summed E-state index contributed by atoms with van der Waals surface area (Å²) in [4.78, 5) is 10.7. The first-order chi connectivity index (χ1) is 9.52. The zero-order chi connectivity index (χ0) is 14.7. The van der Waals surface area contributed by atoms with Gasteiger partial charge in [0, 0.05) is 22.1 Å². The topological polar surface area (TPSA) is 81.2 Å². The van der Waals surface area contributed by atoms with E-state index in [2.05, 4.69) is 21.2 Å². The van der Waals surface area contributed by atoms with Gasteiger partial charge in [0.1, 0.15) is 0 Å². The molecule has 5 nitrogen and oxygen atoms in total. The van der Waals surface area contributed by atoms with E-state index in [1.165, 1.54) is 12.8 Å². The monoisotopic (exact) mass is 341 g/mol. The first-order valence-electron chi connectivity index (χ1n) is 6.94. The fourth-order valence-corrected chi connectivity index (χ4v) is 3.42. The molecule has 2 atom stereocenters. The SMILES string of the molecule is Cc1cc(Br)c(NC2CCCCC2CN)cc1[N+](=O)[O-]. The minimum atomic E-state index is -0.339. The van der Waals surface area contributed by atoms with Crippen LogP contribution >= 0.6 is 15.9 Å². The Morgan fingerprint density at radius 1 is 1.45 bits per heavy atom. The molecule has 1 aromatic carbocycles. The summed E-state index contributed by atoms with van der Waals surface area (Å²) in [6, 6.07) is 3.70. The molecule has 1 aliphatic carbocycles. The summed E-state index contributed by atoms with van der Waals surface area (Å²) in [5.74, 6) is 0.441. The highest BCUT2D eigenvalue weighted by Gasteiger charge is 2.25. The van der Waals surface area contributed by atoms with Gasteiger partial charge in [0.15, 0.2) is 0 Å². The Balaban J connectivity index is 2.23. The Hall–Kier alpha value is -1.14. The summed E-state index contributed by atoms with van der Waals surface area (Å²) in [6.07, 6.45) is 4.59.